The second kappa shape index (κ2) is 7.14. The van der Waals surface area contributed by atoms with Crippen molar-refractivity contribution in [2.75, 3.05) is 11.3 Å². The highest BCUT2D eigenvalue weighted by Gasteiger charge is 2.17. The Morgan fingerprint density at radius 3 is 2.39 bits per heavy atom. The SMILES string of the molecule is CC(=O)NCCc1ccc(S(=O)(=O)Nc2cc(C)cc(C)c2)s1. The molecule has 1 amide bonds. The van der Waals surface area contributed by atoms with E-state index in [-0.39, 0.29) is 10.1 Å². The lowest BCUT2D eigenvalue weighted by atomic mass is 10.1. The maximum absolute atomic E-state index is 12.4. The Morgan fingerprint density at radius 2 is 1.78 bits per heavy atom. The van der Waals surface area contributed by atoms with Crippen LogP contribution in [0.25, 0.3) is 0 Å². The van der Waals surface area contributed by atoms with Gasteiger partial charge in [-0.05, 0) is 55.7 Å². The summed E-state index contributed by atoms with van der Waals surface area (Å²) in [4.78, 5) is 11.8. The molecule has 1 aromatic heterocycles. The predicted octanol–water partition coefficient (Wildman–Crippen LogP) is 2.84. The second-order valence-electron chi connectivity index (χ2n) is 5.44. The minimum atomic E-state index is -3.59. The van der Waals surface area contributed by atoms with E-state index in [4.69, 9.17) is 0 Å². The van der Waals surface area contributed by atoms with Crippen LogP contribution in [0, 0.1) is 13.8 Å². The van der Waals surface area contributed by atoms with Gasteiger partial charge in [0.2, 0.25) is 5.91 Å². The number of anilines is 1. The van der Waals surface area contributed by atoms with Gasteiger partial charge >= 0.3 is 0 Å². The first-order valence-corrected chi connectivity index (χ1v) is 9.50. The van der Waals surface area contributed by atoms with Crippen LogP contribution in [0.3, 0.4) is 0 Å². The number of carbonyl (C=O) groups excluding carboxylic acids is 1. The summed E-state index contributed by atoms with van der Waals surface area (Å²) in [5.74, 6) is -0.0918. The average Bonchev–Trinajstić information content (AvgIpc) is 2.86. The van der Waals surface area contributed by atoms with Crippen molar-refractivity contribution < 1.29 is 13.2 Å². The lowest BCUT2D eigenvalue weighted by Crippen LogP contribution is -2.22. The molecule has 0 aliphatic carbocycles. The Labute approximate surface area is 140 Å². The molecule has 1 aromatic carbocycles. The van der Waals surface area contributed by atoms with Crippen LogP contribution in [-0.2, 0) is 21.2 Å². The molecule has 0 aliphatic heterocycles. The van der Waals surface area contributed by atoms with Crippen molar-refractivity contribution in [3.8, 4) is 0 Å². The first kappa shape index (κ1) is 17.5. The summed E-state index contributed by atoms with van der Waals surface area (Å²) in [5, 5.41) is 2.70. The number of aryl methyl sites for hydroxylation is 2. The minimum absolute atomic E-state index is 0.0918. The van der Waals surface area contributed by atoms with E-state index >= 15 is 0 Å². The minimum Gasteiger partial charge on any atom is -0.356 e. The molecule has 23 heavy (non-hydrogen) atoms. The molecule has 1 heterocycles. The van der Waals surface area contributed by atoms with Gasteiger partial charge in [0.1, 0.15) is 4.21 Å². The number of carbonyl (C=O) groups is 1. The standard InChI is InChI=1S/C16H20N2O3S2/c1-11-8-12(2)10-14(9-11)18-23(20,21)16-5-4-15(22-16)6-7-17-13(3)19/h4-5,8-10,18H,6-7H2,1-3H3,(H,17,19). The molecule has 0 atom stereocenters. The highest BCUT2D eigenvalue weighted by Crippen LogP contribution is 2.25. The molecular weight excluding hydrogens is 332 g/mol. The van der Waals surface area contributed by atoms with Gasteiger partial charge < -0.3 is 5.32 Å². The van der Waals surface area contributed by atoms with Crippen LogP contribution in [0.1, 0.15) is 22.9 Å². The summed E-state index contributed by atoms with van der Waals surface area (Å²) < 4.78 is 27.8. The lowest BCUT2D eigenvalue weighted by Gasteiger charge is -2.08. The van der Waals surface area contributed by atoms with E-state index in [0.29, 0.717) is 18.7 Å². The second-order valence-corrected chi connectivity index (χ2v) is 8.51. The zero-order valence-corrected chi connectivity index (χ0v) is 15.0. The Kier molecular flexibility index (Phi) is 5.43. The number of amides is 1. The molecule has 0 unspecified atom stereocenters. The Bertz CT molecular complexity index is 790. The van der Waals surface area contributed by atoms with Crippen LogP contribution in [0.15, 0.2) is 34.5 Å². The summed E-state index contributed by atoms with van der Waals surface area (Å²) in [5.41, 5.74) is 2.57. The average molecular weight is 352 g/mol. The lowest BCUT2D eigenvalue weighted by molar-refractivity contribution is -0.118. The Morgan fingerprint density at radius 1 is 1.13 bits per heavy atom. The molecule has 0 fully saturated rings. The maximum atomic E-state index is 12.4. The molecule has 2 N–H and O–H groups in total. The molecule has 0 aliphatic rings. The van der Waals surface area contributed by atoms with Gasteiger partial charge in [0.25, 0.3) is 10.0 Å². The monoisotopic (exact) mass is 352 g/mol. The van der Waals surface area contributed by atoms with Gasteiger partial charge in [-0.15, -0.1) is 11.3 Å². The molecule has 5 nitrogen and oxygen atoms in total. The number of hydrogen-bond donors (Lipinski definition) is 2. The van der Waals surface area contributed by atoms with Crippen molar-refractivity contribution in [3.63, 3.8) is 0 Å². The van der Waals surface area contributed by atoms with Crippen molar-refractivity contribution in [2.45, 2.75) is 31.4 Å². The molecule has 124 valence electrons. The van der Waals surface area contributed by atoms with Crippen molar-refractivity contribution in [2.24, 2.45) is 0 Å². The molecule has 7 heteroatoms. The van der Waals surface area contributed by atoms with Gasteiger partial charge in [-0.3, -0.25) is 9.52 Å². The van der Waals surface area contributed by atoms with E-state index < -0.39 is 10.0 Å². The summed E-state index contributed by atoms with van der Waals surface area (Å²) in [6, 6.07) is 8.97. The first-order valence-electron chi connectivity index (χ1n) is 7.20. The Hall–Kier alpha value is -1.86. The van der Waals surface area contributed by atoms with Crippen LogP contribution in [0.2, 0.25) is 0 Å². The zero-order chi connectivity index (χ0) is 17.0. The fourth-order valence-corrected chi connectivity index (χ4v) is 4.63. The molecular formula is C16H20N2O3S2. The number of thiophene rings is 1. The van der Waals surface area contributed by atoms with Crippen molar-refractivity contribution >= 4 is 33.0 Å². The molecule has 0 saturated carbocycles. The van der Waals surface area contributed by atoms with Gasteiger partial charge in [0, 0.05) is 24.0 Å². The van der Waals surface area contributed by atoms with Crippen LogP contribution in [-0.4, -0.2) is 20.9 Å². The predicted molar refractivity (Wildman–Crippen MR) is 93.4 cm³/mol. The van der Waals surface area contributed by atoms with Crippen molar-refractivity contribution in [1.29, 1.82) is 0 Å². The topological polar surface area (TPSA) is 75.3 Å². The zero-order valence-electron chi connectivity index (χ0n) is 13.3. The third kappa shape index (κ3) is 5.07. The van der Waals surface area contributed by atoms with Gasteiger partial charge in [0.15, 0.2) is 0 Å². The summed E-state index contributed by atoms with van der Waals surface area (Å²) in [7, 11) is -3.59. The van der Waals surface area contributed by atoms with Crippen LogP contribution >= 0.6 is 11.3 Å². The van der Waals surface area contributed by atoms with Gasteiger partial charge in [-0.1, -0.05) is 6.07 Å². The summed E-state index contributed by atoms with van der Waals surface area (Å²) in [6.07, 6.45) is 0.614. The van der Waals surface area contributed by atoms with E-state index in [2.05, 4.69) is 10.0 Å². The van der Waals surface area contributed by atoms with E-state index in [1.807, 2.05) is 19.9 Å². The van der Waals surface area contributed by atoms with Crippen LogP contribution < -0.4 is 10.0 Å². The number of benzene rings is 1. The summed E-state index contributed by atoms with van der Waals surface area (Å²) in [6.45, 7) is 5.81. The van der Waals surface area contributed by atoms with Gasteiger partial charge in [-0.25, -0.2) is 8.42 Å². The van der Waals surface area contributed by atoms with E-state index in [9.17, 15) is 13.2 Å². The fraction of sp³-hybridized carbons (Fsp3) is 0.312. The highest BCUT2D eigenvalue weighted by atomic mass is 32.2. The highest BCUT2D eigenvalue weighted by molar-refractivity contribution is 7.94. The first-order chi connectivity index (χ1) is 10.8. The van der Waals surface area contributed by atoms with Gasteiger partial charge in [0.05, 0.1) is 0 Å². The van der Waals surface area contributed by atoms with Crippen LogP contribution in [0.5, 0.6) is 0 Å². The number of rotatable bonds is 6. The van der Waals surface area contributed by atoms with Crippen molar-refractivity contribution in [3.05, 3.63) is 46.3 Å². The number of sulfonamides is 1. The number of nitrogens with one attached hydrogen (secondary N) is 2. The third-order valence-corrected chi connectivity index (χ3v) is 6.14. The van der Waals surface area contributed by atoms with Crippen LogP contribution in [0.4, 0.5) is 5.69 Å². The molecule has 2 rings (SSSR count). The smallest absolute Gasteiger partial charge is 0.271 e. The third-order valence-electron chi connectivity index (χ3n) is 3.12. The summed E-state index contributed by atoms with van der Waals surface area (Å²) >= 11 is 1.22. The largest absolute Gasteiger partial charge is 0.356 e. The van der Waals surface area contributed by atoms with E-state index in [0.717, 1.165) is 16.0 Å². The molecule has 2 aromatic rings. The molecule has 0 saturated heterocycles. The molecule has 0 bridgehead atoms. The normalized spacial score (nSPS) is 11.3. The van der Waals surface area contributed by atoms with Gasteiger partial charge in [-0.2, -0.15) is 0 Å². The molecule has 0 spiro atoms. The maximum Gasteiger partial charge on any atom is 0.271 e. The van der Waals surface area contributed by atoms with Crippen molar-refractivity contribution in [1.82, 2.24) is 5.32 Å². The van der Waals surface area contributed by atoms with E-state index in [1.54, 1.807) is 24.3 Å². The fourth-order valence-electron chi connectivity index (χ4n) is 2.24. The van der Waals surface area contributed by atoms with E-state index in [1.165, 1.54) is 18.3 Å². The quantitative estimate of drug-likeness (QED) is 0.839. The number of hydrogen-bond acceptors (Lipinski definition) is 4. The molecule has 0 radical (unpaired) electrons. The Balaban J connectivity index is 2.10.